The van der Waals surface area contributed by atoms with Gasteiger partial charge < -0.3 is 20.3 Å². The maximum atomic E-state index is 13.6. The number of likely N-dealkylation sites (N-methyl/N-ethyl adjacent to an activating group) is 1. The smallest absolute Gasteiger partial charge is 0.320 e. The zero-order valence-corrected chi connectivity index (χ0v) is 18.5. The van der Waals surface area contributed by atoms with Gasteiger partial charge >= 0.3 is 6.03 Å². The molecule has 0 unspecified atom stereocenters. The molecule has 3 amide bonds. The summed E-state index contributed by atoms with van der Waals surface area (Å²) in [6.45, 7) is -0.0892. The Morgan fingerprint density at radius 1 is 1.17 bits per heavy atom. The molecular weight excluding hydrogens is 451 g/mol. The molecule has 2 aromatic carbocycles. The van der Waals surface area contributed by atoms with Crippen LogP contribution in [0.2, 0.25) is 0 Å². The molecule has 0 saturated carbocycles. The summed E-state index contributed by atoms with van der Waals surface area (Å²) in [7, 11) is 1.50. The molecule has 1 aliphatic heterocycles. The zero-order chi connectivity index (χ0) is 24.4. The van der Waals surface area contributed by atoms with E-state index in [2.05, 4.69) is 32.6 Å². The first-order valence-electron chi connectivity index (χ1n) is 10.7. The minimum atomic E-state index is -0.957. The van der Waals surface area contributed by atoms with Crippen molar-refractivity contribution in [3.8, 4) is 17.6 Å². The number of amides is 3. The fourth-order valence-electron chi connectivity index (χ4n) is 3.63. The van der Waals surface area contributed by atoms with Crippen molar-refractivity contribution >= 4 is 29.0 Å². The molecule has 9 nitrogen and oxygen atoms in total. The minimum absolute atomic E-state index is 0.0892. The number of hydrogen-bond donors (Lipinski definition) is 2. The largest absolute Gasteiger partial charge is 0.489 e. The Bertz CT molecular complexity index is 1510. The summed E-state index contributed by atoms with van der Waals surface area (Å²) in [5, 5.41) is 9.55. The minimum Gasteiger partial charge on any atom is -0.489 e. The summed E-state index contributed by atoms with van der Waals surface area (Å²) < 4.78 is 20.9. The quantitative estimate of drug-likeness (QED) is 0.439. The molecule has 2 aromatic heterocycles. The number of carbonyl (C=O) groups is 2. The fraction of sp³-hybridized carbons (Fsp3) is 0.120. The third kappa shape index (κ3) is 4.60. The van der Waals surface area contributed by atoms with Crippen LogP contribution in [0, 0.1) is 17.7 Å². The van der Waals surface area contributed by atoms with Crippen LogP contribution in [-0.4, -0.2) is 46.2 Å². The Hall–Kier alpha value is -4.91. The Morgan fingerprint density at radius 2 is 2.06 bits per heavy atom. The van der Waals surface area contributed by atoms with Gasteiger partial charge in [0.2, 0.25) is 0 Å². The lowest BCUT2D eigenvalue weighted by Crippen LogP contribution is -2.50. The number of ether oxygens (including phenoxy) is 1. The molecule has 4 aromatic rings. The van der Waals surface area contributed by atoms with Crippen LogP contribution in [0.15, 0.2) is 67.0 Å². The van der Waals surface area contributed by atoms with E-state index in [0.29, 0.717) is 34.0 Å². The van der Waals surface area contributed by atoms with E-state index in [9.17, 15) is 14.0 Å². The molecule has 35 heavy (non-hydrogen) atoms. The number of hydrogen-bond acceptors (Lipinski definition) is 5. The maximum absolute atomic E-state index is 13.6. The first kappa shape index (κ1) is 21.9. The number of carbonyl (C=O) groups excluding carboxylic acids is 2. The number of nitrogens with zero attached hydrogens (tertiary/aromatic N) is 4. The molecule has 1 aliphatic rings. The number of halogens is 1. The van der Waals surface area contributed by atoms with Crippen molar-refractivity contribution in [1.29, 1.82) is 0 Å². The maximum Gasteiger partial charge on any atom is 0.320 e. The van der Waals surface area contributed by atoms with E-state index < -0.39 is 23.8 Å². The molecule has 0 bridgehead atoms. The van der Waals surface area contributed by atoms with Crippen LogP contribution in [0.1, 0.15) is 11.3 Å². The van der Waals surface area contributed by atoms with E-state index >= 15 is 0 Å². The number of aromatic nitrogens is 3. The third-order valence-electron chi connectivity index (χ3n) is 5.35. The molecule has 0 aliphatic carbocycles. The van der Waals surface area contributed by atoms with Crippen LogP contribution >= 0.6 is 0 Å². The van der Waals surface area contributed by atoms with Crippen molar-refractivity contribution in [3.05, 3.63) is 84.1 Å². The van der Waals surface area contributed by atoms with Crippen molar-refractivity contribution in [2.45, 2.75) is 6.04 Å². The van der Waals surface area contributed by atoms with E-state index in [1.807, 2.05) is 6.07 Å². The molecule has 5 rings (SSSR count). The number of urea groups is 1. The number of anilines is 2. The van der Waals surface area contributed by atoms with E-state index in [-0.39, 0.29) is 6.61 Å². The highest BCUT2D eigenvalue weighted by atomic mass is 19.1. The second kappa shape index (κ2) is 9.15. The molecule has 1 atom stereocenters. The number of nitrogens with one attached hydrogen (secondary N) is 2. The molecule has 174 valence electrons. The van der Waals surface area contributed by atoms with E-state index in [1.54, 1.807) is 47.2 Å². The van der Waals surface area contributed by atoms with Gasteiger partial charge in [0, 0.05) is 30.6 Å². The Labute approximate surface area is 199 Å². The van der Waals surface area contributed by atoms with Gasteiger partial charge in [-0.3, -0.25) is 4.79 Å². The van der Waals surface area contributed by atoms with Gasteiger partial charge in [-0.25, -0.2) is 18.7 Å². The van der Waals surface area contributed by atoms with Crippen LogP contribution in [0.5, 0.6) is 5.75 Å². The summed E-state index contributed by atoms with van der Waals surface area (Å²) in [5.74, 6) is 5.51. The van der Waals surface area contributed by atoms with Crippen LogP contribution in [-0.2, 0) is 4.79 Å². The molecule has 0 radical (unpaired) electrons. The lowest BCUT2D eigenvalue weighted by Gasteiger charge is -2.20. The van der Waals surface area contributed by atoms with Gasteiger partial charge in [0.05, 0.1) is 11.9 Å². The number of fused-ring (bicyclic) bond motifs is 2. The molecule has 0 saturated heterocycles. The zero-order valence-electron chi connectivity index (χ0n) is 18.5. The van der Waals surface area contributed by atoms with Gasteiger partial charge in [-0.05, 0) is 48.4 Å². The highest BCUT2D eigenvalue weighted by Gasteiger charge is 2.30. The predicted octanol–water partition coefficient (Wildman–Crippen LogP) is 2.81. The van der Waals surface area contributed by atoms with Crippen LogP contribution in [0.4, 0.5) is 20.6 Å². The number of rotatable bonds is 2. The summed E-state index contributed by atoms with van der Waals surface area (Å²) in [6.07, 6.45) is 3.29. The van der Waals surface area contributed by atoms with E-state index in [0.717, 1.165) is 0 Å². The second-order valence-corrected chi connectivity index (χ2v) is 7.74. The lowest BCUT2D eigenvalue weighted by atomic mass is 10.2. The Balaban J connectivity index is 1.26. The first-order chi connectivity index (χ1) is 17.0. The second-order valence-electron chi connectivity index (χ2n) is 7.74. The Morgan fingerprint density at radius 3 is 2.94 bits per heavy atom. The normalized spacial score (nSPS) is 14.9. The standard InChI is InChI=1S/C25H19FN6O3/c1-31-21-13-17(26)8-10-22(21)35-15-20(24(31)33)30-25(34)29-18-5-2-4-16(12-18)7-9-19-14-27-23-6-3-11-28-32(19)23/h2-6,8,10-14,20H,15H2,1H3,(H2,29,30,34)/t20-/m0/s1. The molecule has 0 fully saturated rings. The topological polar surface area (TPSA) is 101 Å². The van der Waals surface area contributed by atoms with Crippen molar-refractivity contribution in [2.75, 3.05) is 23.9 Å². The van der Waals surface area contributed by atoms with Crippen molar-refractivity contribution in [2.24, 2.45) is 0 Å². The molecule has 0 spiro atoms. The summed E-state index contributed by atoms with van der Waals surface area (Å²) in [4.78, 5) is 30.9. The first-order valence-corrected chi connectivity index (χ1v) is 10.7. The highest BCUT2D eigenvalue weighted by molar-refractivity contribution is 6.02. The van der Waals surface area contributed by atoms with Gasteiger partial charge in [0.15, 0.2) is 5.65 Å². The van der Waals surface area contributed by atoms with Crippen molar-refractivity contribution < 1.29 is 18.7 Å². The average molecular weight is 470 g/mol. The van der Waals surface area contributed by atoms with Crippen LogP contribution in [0.25, 0.3) is 5.65 Å². The summed E-state index contributed by atoms with van der Waals surface area (Å²) in [5.41, 5.74) is 2.78. The van der Waals surface area contributed by atoms with Gasteiger partial charge in [-0.1, -0.05) is 12.0 Å². The summed E-state index contributed by atoms with van der Waals surface area (Å²) >= 11 is 0. The van der Waals surface area contributed by atoms with E-state index in [1.165, 1.54) is 30.1 Å². The van der Waals surface area contributed by atoms with Crippen LogP contribution < -0.4 is 20.3 Å². The third-order valence-corrected chi connectivity index (χ3v) is 5.35. The van der Waals surface area contributed by atoms with E-state index in [4.69, 9.17) is 4.74 Å². The Kier molecular flexibility index (Phi) is 5.73. The predicted molar refractivity (Wildman–Crippen MR) is 127 cm³/mol. The number of benzene rings is 2. The highest BCUT2D eigenvalue weighted by Crippen LogP contribution is 2.31. The molecular formula is C25H19FN6O3. The fourth-order valence-corrected chi connectivity index (χ4v) is 3.63. The monoisotopic (exact) mass is 470 g/mol. The van der Waals surface area contributed by atoms with Crippen LogP contribution in [0.3, 0.4) is 0 Å². The number of imidazole rings is 1. The SMILES string of the molecule is CN1C(=O)[C@@H](NC(=O)Nc2cccc(C#Cc3cnc4cccnn34)c2)COc2ccc(F)cc21. The van der Waals surface area contributed by atoms with Gasteiger partial charge in [-0.15, -0.1) is 0 Å². The summed E-state index contributed by atoms with van der Waals surface area (Å²) in [6, 6.07) is 13.0. The van der Waals surface area contributed by atoms with Gasteiger partial charge in [0.25, 0.3) is 5.91 Å². The molecule has 3 heterocycles. The lowest BCUT2D eigenvalue weighted by molar-refractivity contribution is -0.120. The van der Waals surface area contributed by atoms with Crippen molar-refractivity contribution in [3.63, 3.8) is 0 Å². The average Bonchev–Trinajstić information content (AvgIpc) is 3.24. The van der Waals surface area contributed by atoms with Gasteiger partial charge in [0.1, 0.15) is 29.9 Å². The van der Waals surface area contributed by atoms with Gasteiger partial charge in [-0.2, -0.15) is 5.10 Å². The molecule has 2 N–H and O–H groups in total. The molecule has 10 heteroatoms. The van der Waals surface area contributed by atoms with Crippen molar-refractivity contribution in [1.82, 2.24) is 19.9 Å².